The summed E-state index contributed by atoms with van der Waals surface area (Å²) in [5, 5.41) is 0. The molecule has 5 heteroatoms. The number of benzene rings is 1. The highest BCUT2D eigenvalue weighted by molar-refractivity contribution is 7.89. The molecule has 0 aromatic heterocycles. The lowest BCUT2D eigenvalue weighted by molar-refractivity contribution is 0.403. The summed E-state index contributed by atoms with van der Waals surface area (Å²) in [6.07, 6.45) is 2.80. The smallest absolute Gasteiger partial charge is 0.243 e. The van der Waals surface area contributed by atoms with Gasteiger partial charge in [-0.25, -0.2) is 8.42 Å². The lowest BCUT2D eigenvalue weighted by atomic mass is 10.1. The van der Waals surface area contributed by atoms with Crippen LogP contribution in [0.4, 0.5) is 0 Å². The van der Waals surface area contributed by atoms with E-state index < -0.39 is 10.0 Å². The highest BCUT2D eigenvalue weighted by Crippen LogP contribution is 2.34. The first-order chi connectivity index (χ1) is 9.41. The lowest BCUT2D eigenvalue weighted by Gasteiger charge is -2.23. The second-order valence-corrected chi connectivity index (χ2v) is 7.45. The number of rotatable bonds is 6. The van der Waals surface area contributed by atoms with Gasteiger partial charge in [0.2, 0.25) is 10.0 Å². The number of hydrogen-bond donors (Lipinski definition) is 1. The standard InChI is InChI=1S/C15H24N2O2S/c1-4-7-17(14-5-6-14)20(18,19)15-9-13(10-16)8-11(2)12(15)3/h8-9,14H,4-7,10,16H2,1-3H3. The number of nitrogens with zero attached hydrogens (tertiary/aromatic N) is 1. The minimum absolute atomic E-state index is 0.196. The Morgan fingerprint density at radius 1 is 1.30 bits per heavy atom. The Balaban J connectivity index is 2.49. The van der Waals surface area contributed by atoms with E-state index in [4.69, 9.17) is 5.73 Å². The third-order valence-electron chi connectivity index (χ3n) is 3.90. The van der Waals surface area contributed by atoms with Crippen molar-refractivity contribution in [2.75, 3.05) is 6.54 Å². The van der Waals surface area contributed by atoms with Crippen LogP contribution in [-0.2, 0) is 16.6 Å². The van der Waals surface area contributed by atoms with Gasteiger partial charge in [0.1, 0.15) is 0 Å². The topological polar surface area (TPSA) is 63.4 Å². The molecule has 1 saturated carbocycles. The molecule has 1 aromatic rings. The Hall–Kier alpha value is -0.910. The van der Waals surface area contributed by atoms with E-state index in [0.29, 0.717) is 18.0 Å². The molecule has 1 aromatic carbocycles. The summed E-state index contributed by atoms with van der Waals surface area (Å²) in [5.41, 5.74) is 8.38. The van der Waals surface area contributed by atoms with Crippen molar-refractivity contribution in [2.24, 2.45) is 5.73 Å². The van der Waals surface area contributed by atoms with Gasteiger partial charge >= 0.3 is 0 Å². The second kappa shape index (κ2) is 5.84. The van der Waals surface area contributed by atoms with Crippen LogP contribution >= 0.6 is 0 Å². The van der Waals surface area contributed by atoms with E-state index in [-0.39, 0.29) is 6.04 Å². The maximum atomic E-state index is 12.9. The van der Waals surface area contributed by atoms with Gasteiger partial charge in [-0.05, 0) is 55.9 Å². The van der Waals surface area contributed by atoms with Crippen molar-refractivity contribution in [3.63, 3.8) is 0 Å². The number of aryl methyl sites for hydroxylation is 1. The number of sulfonamides is 1. The second-order valence-electron chi connectivity index (χ2n) is 5.59. The monoisotopic (exact) mass is 296 g/mol. The van der Waals surface area contributed by atoms with E-state index in [0.717, 1.165) is 36.0 Å². The zero-order chi connectivity index (χ0) is 14.9. The SMILES string of the molecule is CCCN(C1CC1)S(=O)(=O)c1cc(CN)cc(C)c1C. The summed E-state index contributed by atoms with van der Waals surface area (Å²) >= 11 is 0. The van der Waals surface area contributed by atoms with Gasteiger partial charge in [0.05, 0.1) is 4.90 Å². The average Bonchev–Trinajstić information content (AvgIpc) is 3.22. The third kappa shape index (κ3) is 2.90. The van der Waals surface area contributed by atoms with Crippen molar-refractivity contribution in [3.05, 3.63) is 28.8 Å². The minimum Gasteiger partial charge on any atom is -0.326 e. The first-order valence-electron chi connectivity index (χ1n) is 7.23. The van der Waals surface area contributed by atoms with E-state index in [2.05, 4.69) is 0 Å². The van der Waals surface area contributed by atoms with Crippen molar-refractivity contribution >= 4 is 10.0 Å². The van der Waals surface area contributed by atoms with E-state index in [1.807, 2.05) is 26.8 Å². The third-order valence-corrected chi connectivity index (χ3v) is 5.98. The Morgan fingerprint density at radius 2 is 1.95 bits per heavy atom. The molecule has 4 nitrogen and oxygen atoms in total. The molecule has 0 unspecified atom stereocenters. The maximum absolute atomic E-state index is 12.9. The first-order valence-corrected chi connectivity index (χ1v) is 8.67. The molecule has 1 aliphatic carbocycles. The predicted molar refractivity (Wildman–Crippen MR) is 81.0 cm³/mol. The molecule has 0 spiro atoms. The fourth-order valence-corrected chi connectivity index (χ4v) is 4.62. The van der Waals surface area contributed by atoms with E-state index in [9.17, 15) is 8.42 Å². The van der Waals surface area contributed by atoms with Gasteiger partial charge in [-0.2, -0.15) is 4.31 Å². The Bertz CT molecular complexity index is 592. The number of nitrogens with two attached hydrogens (primary N) is 1. The fourth-order valence-electron chi connectivity index (χ4n) is 2.49. The summed E-state index contributed by atoms with van der Waals surface area (Å²) in [6.45, 7) is 6.78. The molecular weight excluding hydrogens is 272 g/mol. The van der Waals surface area contributed by atoms with Crippen LogP contribution in [-0.4, -0.2) is 25.3 Å². The van der Waals surface area contributed by atoms with Crippen molar-refractivity contribution in [2.45, 2.75) is 57.5 Å². The van der Waals surface area contributed by atoms with Crippen molar-refractivity contribution < 1.29 is 8.42 Å². The van der Waals surface area contributed by atoms with Crippen LogP contribution in [0.3, 0.4) is 0 Å². The molecule has 1 aliphatic rings. The lowest BCUT2D eigenvalue weighted by Crippen LogP contribution is -2.34. The first kappa shape index (κ1) is 15.5. The molecule has 0 aliphatic heterocycles. The maximum Gasteiger partial charge on any atom is 0.243 e. The van der Waals surface area contributed by atoms with E-state index in [1.54, 1.807) is 10.4 Å². The summed E-state index contributed by atoms with van der Waals surface area (Å²) in [5.74, 6) is 0. The molecule has 2 N–H and O–H groups in total. The van der Waals surface area contributed by atoms with E-state index in [1.165, 1.54) is 0 Å². The van der Waals surface area contributed by atoms with Crippen LogP contribution in [0.25, 0.3) is 0 Å². The van der Waals surface area contributed by atoms with Crippen LogP contribution < -0.4 is 5.73 Å². The summed E-state index contributed by atoms with van der Waals surface area (Å²) in [6, 6.07) is 3.90. The fraction of sp³-hybridized carbons (Fsp3) is 0.600. The molecule has 0 radical (unpaired) electrons. The molecule has 20 heavy (non-hydrogen) atoms. The predicted octanol–water partition coefficient (Wildman–Crippen LogP) is 2.33. The Kier molecular flexibility index (Phi) is 4.52. The van der Waals surface area contributed by atoms with E-state index >= 15 is 0 Å². The summed E-state index contributed by atoms with van der Waals surface area (Å²) in [4.78, 5) is 0.429. The van der Waals surface area contributed by atoms with Crippen LogP contribution in [0.15, 0.2) is 17.0 Å². The molecule has 0 saturated heterocycles. The minimum atomic E-state index is -3.41. The van der Waals surface area contributed by atoms with Crippen LogP contribution in [0.1, 0.15) is 42.9 Å². The Morgan fingerprint density at radius 3 is 2.45 bits per heavy atom. The van der Waals surface area contributed by atoms with Gasteiger partial charge < -0.3 is 5.73 Å². The van der Waals surface area contributed by atoms with Crippen molar-refractivity contribution in [3.8, 4) is 0 Å². The van der Waals surface area contributed by atoms with Gasteiger partial charge in [0.25, 0.3) is 0 Å². The molecule has 0 atom stereocenters. The summed E-state index contributed by atoms with van der Waals surface area (Å²) < 4.78 is 27.5. The van der Waals surface area contributed by atoms with Gasteiger partial charge in [-0.1, -0.05) is 13.0 Å². The molecule has 0 amide bonds. The molecular formula is C15H24N2O2S. The van der Waals surface area contributed by atoms with Crippen LogP contribution in [0.2, 0.25) is 0 Å². The van der Waals surface area contributed by atoms with Gasteiger partial charge in [-0.15, -0.1) is 0 Å². The zero-order valence-electron chi connectivity index (χ0n) is 12.5. The van der Waals surface area contributed by atoms with Crippen molar-refractivity contribution in [1.82, 2.24) is 4.31 Å². The molecule has 0 bridgehead atoms. The molecule has 0 heterocycles. The normalized spacial score (nSPS) is 15.8. The molecule has 1 fully saturated rings. The highest BCUT2D eigenvalue weighted by atomic mass is 32.2. The van der Waals surface area contributed by atoms with Crippen LogP contribution in [0.5, 0.6) is 0 Å². The Labute approximate surface area is 122 Å². The zero-order valence-corrected chi connectivity index (χ0v) is 13.3. The van der Waals surface area contributed by atoms with Gasteiger partial charge in [0.15, 0.2) is 0 Å². The van der Waals surface area contributed by atoms with Gasteiger partial charge in [-0.3, -0.25) is 0 Å². The molecule has 112 valence electrons. The highest BCUT2D eigenvalue weighted by Gasteiger charge is 2.38. The van der Waals surface area contributed by atoms with Crippen molar-refractivity contribution in [1.29, 1.82) is 0 Å². The average molecular weight is 296 g/mol. The molecule has 2 rings (SSSR count). The van der Waals surface area contributed by atoms with Gasteiger partial charge in [0, 0.05) is 19.1 Å². The number of hydrogen-bond acceptors (Lipinski definition) is 3. The van der Waals surface area contributed by atoms with Crippen LogP contribution in [0, 0.1) is 13.8 Å². The summed E-state index contributed by atoms with van der Waals surface area (Å²) in [7, 11) is -3.41. The largest absolute Gasteiger partial charge is 0.326 e. The quantitative estimate of drug-likeness (QED) is 0.876.